The van der Waals surface area contributed by atoms with Crippen molar-refractivity contribution >= 4 is 17.9 Å². The van der Waals surface area contributed by atoms with Crippen LogP contribution in [-0.4, -0.2) is 28.1 Å². The Labute approximate surface area is 89.2 Å². The van der Waals surface area contributed by atoms with Crippen molar-refractivity contribution < 1.29 is 50.1 Å². The fourth-order valence-corrected chi connectivity index (χ4v) is 0. The zero-order chi connectivity index (χ0) is 10.7. The molecule has 0 aliphatic rings. The van der Waals surface area contributed by atoms with Crippen molar-refractivity contribution in [2.75, 3.05) is 0 Å². The van der Waals surface area contributed by atoms with Crippen LogP contribution in [0.2, 0.25) is 0 Å². The molecule has 0 amide bonds. The molecule has 0 saturated carbocycles. The van der Waals surface area contributed by atoms with Crippen LogP contribution in [-0.2, 0) is 34.8 Å². The topological polar surface area (TPSA) is 115 Å². The summed E-state index contributed by atoms with van der Waals surface area (Å²) in [5, 5.41) is 23.7. The van der Waals surface area contributed by atoms with Gasteiger partial charge in [0.2, 0.25) is 0 Å². The molecule has 6 nitrogen and oxygen atoms in total. The SMILES string of the molecule is CC(=O)O.CC(=O)O.CC(=O)[O-].[Pd]. The largest absolute Gasteiger partial charge is 0.550 e. The molecule has 2 N–H and O–H groups in total. The number of rotatable bonds is 0. The predicted molar refractivity (Wildman–Crippen MR) is 37.3 cm³/mol. The van der Waals surface area contributed by atoms with Crippen LogP contribution in [0.15, 0.2) is 0 Å². The molecule has 0 aromatic heterocycles. The van der Waals surface area contributed by atoms with Gasteiger partial charge in [0.05, 0.1) is 0 Å². The summed E-state index contributed by atoms with van der Waals surface area (Å²) in [4.78, 5) is 26.9. The van der Waals surface area contributed by atoms with Gasteiger partial charge in [-0.05, 0) is 6.92 Å². The number of carbonyl (C=O) groups is 3. The minimum absolute atomic E-state index is 0. The maximum Gasteiger partial charge on any atom is 0.300 e. The van der Waals surface area contributed by atoms with Gasteiger partial charge in [-0.1, -0.05) is 0 Å². The number of hydrogen-bond acceptors (Lipinski definition) is 4. The quantitative estimate of drug-likeness (QED) is 0.548. The molecule has 0 spiro atoms. The summed E-state index contributed by atoms with van der Waals surface area (Å²) >= 11 is 0. The summed E-state index contributed by atoms with van der Waals surface area (Å²) in [6.07, 6.45) is 0. The molecule has 0 fully saturated rings. The number of carboxylic acids is 3. The Bertz CT molecular complexity index is 115. The minimum Gasteiger partial charge on any atom is -0.550 e. The zero-order valence-corrected chi connectivity index (χ0v) is 8.90. The Morgan fingerprint density at radius 3 is 0.923 bits per heavy atom. The smallest absolute Gasteiger partial charge is 0.300 e. The molecule has 0 radical (unpaired) electrons. The van der Waals surface area contributed by atoms with E-state index in [-0.39, 0.29) is 20.4 Å². The second-order valence-electron chi connectivity index (χ2n) is 1.53. The van der Waals surface area contributed by atoms with Crippen molar-refractivity contribution in [3.63, 3.8) is 0 Å². The van der Waals surface area contributed by atoms with E-state index in [0.29, 0.717) is 0 Å². The van der Waals surface area contributed by atoms with Crippen LogP contribution in [0.1, 0.15) is 20.8 Å². The van der Waals surface area contributed by atoms with Gasteiger partial charge in [-0.25, -0.2) is 0 Å². The third-order valence-electron chi connectivity index (χ3n) is 0. The van der Waals surface area contributed by atoms with Gasteiger partial charge < -0.3 is 20.1 Å². The first-order valence-electron chi connectivity index (χ1n) is 2.76. The van der Waals surface area contributed by atoms with Crippen molar-refractivity contribution in [3.8, 4) is 0 Å². The van der Waals surface area contributed by atoms with E-state index in [2.05, 4.69) is 0 Å². The van der Waals surface area contributed by atoms with Gasteiger partial charge in [-0.15, -0.1) is 0 Å². The van der Waals surface area contributed by atoms with Crippen LogP contribution in [0.4, 0.5) is 0 Å². The molecule has 0 aromatic rings. The van der Waals surface area contributed by atoms with Crippen LogP contribution < -0.4 is 5.11 Å². The normalized spacial score (nSPS) is 5.77. The monoisotopic (exact) mass is 285 g/mol. The van der Waals surface area contributed by atoms with Crippen LogP contribution in [0.5, 0.6) is 0 Å². The second-order valence-corrected chi connectivity index (χ2v) is 1.53. The van der Waals surface area contributed by atoms with E-state index in [1.165, 1.54) is 0 Å². The van der Waals surface area contributed by atoms with E-state index in [0.717, 1.165) is 20.8 Å². The standard InChI is InChI=1S/3C2H4O2.Pd/c3*1-2(3)4;/h3*1H3,(H,3,4);/p-1. The molecule has 13 heavy (non-hydrogen) atoms. The van der Waals surface area contributed by atoms with E-state index in [1.54, 1.807) is 0 Å². The summed E-state index contributed by atoms with van der Waals surface area (Å²) in [6, 6.07) is 0. The Hall–Kier alpha value is -0.928. The van der Waals surface area contributed by atoms with Crippen LogP contribution >= 0.6 is 0 Å². The first-order valence-corrected chi connectivity index (χ1v) is 2.76. The molecule has 82 valence electrons. The van der Waals surface area contributed by atoms with Crippen LogP contribution in [0.25, 0.3) is 0 Å². The van der Waals surface area contributed by atoms with E-state index in [4.69, 9.17) is 29.7 Å². The molecule has 0 aromatic carbocycles. The van der Waals surface area contributed by atoms with Gasteiger partial charge in [0.25, 0.3) is 11.9 Å². The number of carbonyl (C=O) groups excluding carboxylic acids is 1. The maximum absolute atomic E-state index is 9.00. The molecule has 0 aliphatic heterocycles. The Morgan fingerprint density at radius 2 is 0.923 bits per heavy atom. The van der Waals surface area contributed by atoms with E-state index in [1.807, 2.05) is 0 Å². The third-order valence-corrected chi connectivity index (χ3v) is 0. The fraction of sp³-hybridized carbons (Fsp3) is 0.500. The van der Waals surface area contributed by atoms with Crippen molar-refractivity contribution in [1.82, 2.24) is 0 Å². The van der Waals surface area contributed by atoms with Crippen molar-refractivity contribution in [2.45, 2.75) is 20.8 Å². The molecule has 0 heterocycles. The maximum atomic E-state index is 9.00. The third kappa shape index (κ3) is 1060. The van der Waals surface area contributed by atoms with Crippen molar-refractivity contribution in [1.29, 1.82) is 0 Å². The number of aliphatic carboxylic acids is 3. The molecular formula is C6H11O6Pd-. The summed E-state index contributed by atoms with van der Waals surface area (Å²) in [5.74, 6) is -2.75. The molecule has 7 heteroatoms. The Balaban J connectivity index is -0.0000000450. The molecule has 0 aliphatic carbocycles. The van der Waals surface area contributed by atoms with E-state index < -0.39 is 17.9 Å². The second kappa shape index (κ2) is 17.2. The first-order chi connectivity index (χ1) is 5.20. The number of carboxylic acid groups (broad SMARTS) is 3. The zero-order valence-electron chi connectivity index (χ0n) is 7.34. The van der Waals surface area contributed by atoms with Crippen LogP contribution in [0.3, 0.4) is 0 Å². The summed E-state index contributed by atoms with van der Waals surface area (Å²) in [6.45, 7) is 3.14. The average molecular weight is 286 g/mol. The molecule has 0 bridgehead atoms. The van der Waals surface area contributed by atoms with Gasteiger partial charge in [0.1, 0.15) is 0 Å². The first kappa shape index (κ1) is 22.7. The van der Waals surface area contributed by atoms with Crippen molar-refractivity contribution in [2.24, 2.45) is 0 Å². The molecule has 0 rings (SSSR count). The van der Waals surface area contributed by atoms with Crippen LogP contribution in [0, 0.1) is 0 Å². The summed E-state index contributed by atoms with van der Waals surface area (Å²) < 4.78 is 0. The molecule has 0 unspecified atom stereocenters. The number of hydrogen-bond donors (Lipinski definition) is 2. The summed E-state index contributed by atoms with van der Waals surface area (Å²) in [7, 11) is 0. The molecule has 0 saturated heterocycles. The Morgan fingerprint density at radius 1 is 0.923 bits per heavy atom. The van der Waals surface area contributed by atoms with Gasteiger partial charge in [-0.2, -0.15) is 0 Å². The van der Waals surface area contributed by atoms with Gasteiger partial charge in [0.15, 0.2) is 0 Å². The predicted octanol–water partition coefficient (Wildman–Crippen LogP) is -1.06. The molecular weight excluding hydrogens is 274 g/mol. The van der Waals surface area contributed by atoms with E-state index in [9.17, 15) is 0 Å². The van der Waals surface area contributed by atoms with Gasteiger partial charge in [0, 0.05) is 40.2 Å². The van der Waals surface area contributed by atoms with Crippen molar-refractivity contribution in [3.05, 3.63) is 0 Å². The Kier molecular flexibility index (Phi) is 30.1. The fourth-order valence-electron chi connectivity index (χ4n) is 0. The average Bonchev–Trinajstić information content (AvgIpc) is 1.54. The van der Waals surface area contributed by atoms with Gasteiger partial charge >= 0.3 is 0 Å². The summed E-state index contributed by atoms with van der Waals surface area (Å²) in [5.41, 5.74) is 0. The van der Waals surface area contributed by atoms with E-state index >= 15 is 0 Å². The minimum atomic E-state index is -1.08. The molecule has 0 atom stereocenters. The van der Waals surface area contributed by atoms with Gasteiger partial charge in [-0.3, -0.25) is 9.59 Å².